The molecule has 0 aliphatic carbocycles. The fourth-order valence-electron chi connectivity index (χ4n) is 3.88. The van der Waals surface area contributed by atoms with Gasteiger partial charge in [0.2, 0.25) is 5.91 Å². The van der Waals surface area contributed by atoms with Gasteiger partial charge in [-0.05, 0) is 51.3 Å². The van der Waals surface area contributed by atoms with Crippen LogP contribution in [0.2, 0.25) is 0 Å². The fraction of sp³-hybridized carbons (Fsp3) is 0.400. The van der Waals surface area contributed by atoms with Crippen molar-refractivity contribution in [1.29, 1.82) is 0 Å². The Bertz CT molecular complexity index is 902. The third kappa shape index (κ3) is 2.54. The Balaban J connectivity index is 1.93. The number of amides is 1. The van der Waals surface area contributed by atoms with Gasteiger partial charge in [0.25, 0.3) is 0 Å². The minimum atomic E-state index is -0.577. The van der Waals surface area contributed by atoms with E-state index in [2.05, 4.69) is 0 Å². The molecule has 1 aromatic carbocycles. The van der Waals surface area contributed by atoms with Crippen molar-refractivity contribution in [2.24, 2.45) is 0 Å². The molecule has 130 valence electrons. The largest absolute Gasteiger partial charge is 0.443 e. The third-order valence-corrected chi connectivity index (χ3v) is 4.79. The van der Waals surface area contributed by atoms with Gasteiger partial charge in [0.1, 0.15) is 5.60 Å². The quantitative estimate of drug-likeness (QED) is 0.734. The zero-order valence-electron chi connectivity index (χ0n) is 14.8. The number of nitrogens with zero attached hydrogens (tertiary/aromatic N) is 2. The van der Waals surface area contributed by atoms with Crippen molar-refractivity contribution in [3.8, 4) is 0 Å². The summed E-state index contributed by atoms with van der Waals surface area (Å²) < 4.78 is 7.35. The summed E-state index contributed by atoms with van der Waals surface area (Å²) in [4.78, 5) is 27.1. The van der Waals surface area contributed by atoms with E-state index in [4.69, 9.17) is 4.74 Å². The number of hydrogen-bond acceptors (Lipinski definition) is 3. The van der Waals surface area contributed by atoms with Gasteiger partial charge in [-0.2, -0.15) is 0 Å². The predicted molar refractivity (Wildman–Crippen MR) is 95.5 cm³/mol. The number of carbonyl (C=O) groups is 2. The number of aromatic nitrogens is 1. The summed E-state index contributed by atoms with van der Waals surface area (Å²) in [6.07, 6.45) is 4.62. The van der Waals surface area contributed by atoms with Gasteiger partial charge in [0, 0.05) is 11.9 Å². The van der Waals surface area contributed by atoms with Gasteiger partial charge in [-0.15, -0.1) is 0 Å². The first-order valence-corrected chi connectivity index (χ1v) is 8.69. The number of fused-ring (bicyclic) bond motifs is 5. The summed E-state index contributed by atoms with van der Waals surface area (Å²) in [6.45, 7) is 6.27. The van der Waals surface area contributed by atoms with Crippen LogP contribution in [0.4, 0.5) is 4.79 Å². The highest BCUT2D eigenvalue weighted by Gasteiger charge is 2.37. The third-order valence-electron chi connectivity index (χ3n) is 4.79. The molecule has 1 aromatic heterocycles. The first-order valence-electron chi connectivity index (χ1n) is 8.69. The molecule has 0 bridgehead atoms. The van der Waals surface area contributed by atoms with Gasteiger partial charge in [0.15, 0.2) is 0 Å². The average molecular weight is 338 g/mol. The zero-order chi connectivity index (χ0) is 17.8. The molecular formula is C20H22N2O3. The number of hydrogen-bond donors (Lipinski definition) is 0. The van der Waals surface area contributed by atoms with Crippen LogP contribution in [-0.2, 0) is 16.0 Å². The van der Waals surface area contributed by atoms with Crippen LogP contribution in [-0.4, -0.2) is 33.6 Å². The SMILES string of the molecule is CC(C)(C)OC(=O)n1c2c(c3ccccc31)CCN1C(=O)C=CC[C@H]21. The number of rotatable bonds is 0. The maximum Gasteiger partial charge on any atom is 0.419 e. The van der Waals surface area contributed by atoms with Crippen LogP contribution in [0, 0.1) is 0 Å². The van der Waals surface area contributed by atoms with E-state index in [9.17, 15) is 9.59 Å². The van der Waals surface area contributed by atoms with Crippen molar-refractivity contribution < 1.29 is 14.3 Å². The second-order valence-corrected chi connectivity index (χ2v) is 7.63. The monoisotopic (exact) mass is 338 g/mol. The molecule has 3 heterocycles. The van der Waals surface area contributed by atoms with E-state index in [0.29, 0.717) is 6.54 Å². The molecule has 0 fully saturated rings. The molecular weight excluding hydrogens is 316 g/mol. The van der Waals surface area contributed by atoms with Crippen LogP contribution >= 0.6 is 0 Å². The Morgan fingerprint density at radius 3 is 2.76 bits per heavy atom. The van der Waals surface area contributed by atoms with Crippen molar-refractivity contribution in [2.45, 2.75) is 45.3 Å². The zero-order valence-corrected chi connectivity index (χ0v) is 14.8. The van der Waals surface area contributed by atoms with E-state index in [1.165, 1.54) is 0 Å². The topological polar surface area (TPSA) is 51.5 Å². The van der Waals surface area contributed by atoms with E-state index in [-0.39, 0.29) is 18.0 Å². The van der Waals surface area contributed by atoms with E-state index < -0.39 is 5.60 Å². The molecule has 0 spiro atoms. The number of ether oxygens (including phenoxy) is 1. The van der Waals surface area contributed by atoms with Crippen LogP contribution in [0.1, 0.15) is 44.5 Å². The molecule has 0 saturated carbocycles. The molecule has 0 unspecified atom stereocenters. The minimum absolute atomic E-state index is 0.0166. The van der Waals surface area contributed by atoms with Gasteiger partial charge in [-0.3, -0.25) is 4.79 Å². The van der Waals surface area contributed by atoms with Crippen molar-refractivity contribution in [2.75, 3.05) is 6.54 Å². The van der Waals surface area contributed by atoms with Gasteiger partial charge < -0.3 is 9.64 Å². The fourth-order valence-corrected chi connectivity index (χ4v) is 3.88. The van der Waals surface area contributed by atoms with Crippen LogP contribution in [0.25, 0.3) is 10.9 Å². The molecule has 4 rings (SSSR count). The van der Waals surface area contributed by atoms with Crippen molar-refractivity contribution in [3.05, 3.63) is 47.7 Å². The lowest BCUT2D eigenvalue weighted by Crippen LogP contribution is -2.42. The summed E-state index contributed by atoms with van der Waals surface area (Å²) >= 11 is 0. The standard InChI is InChI=1S/C20H22N2O3/c1-20(2,3)25-19(24)22-15-8-5-4-7-13(15)14-11-12-21-16(18(14)22)9-6-10-17(21)23/h4-8,10,16H,9,11-12H2,1-3H3/t16-/m1/s1. The number of benzene rings is 1. The lowest BCUT2D eigenvalue weighted by atomic mass is 9.93. The summed E-state index contributed by atoms with van der Waals surface area (Å²) in [7, 11) is 0. The normalized spacial score (nSPS) is 19.7. The van der Waals surface area contributed by atoms with Crippen LogP contribution in [0.3, 0.4) is 0 Å². The lowest BCUT2D eigenvalue weighted by molar-refractivity contribution is -0.129. The maximum atomic E-state index is 13.0. The first-order chi connectivity index (χ1) is 11.9. The molecule has 25 heavy (non-hydrogen) atoms. The van der Waals surface area contributed by atoms with Crippen LogP contribution < -0.4 is 0 Å². The highest BCUT2D eigenvalue weighted by atomic mass is 16.6. The molecule has 0 N–H and O–H groups in total. The van der Waals surface area contributed by atoms with E-state index >= 15 is 0 Å². The average Bonchev–Trinajstić information content (AvgIpc) is 2.88. The minimum Gasteiger partial charge on any atom is -0.443 e. The molecule has 2 aliphatic heterocycles. The van der Waals surface area contributed by atoms with Gasteiger partial charge in [0.05, 0.1) is 17.3 Å². The van der Waals surface area contributed by atoms with Gasteiger partial charge >= 0.3 is 6.09 Å². The second-order valence-electron chi connectivity index (χ2n) is 7.63. The smallest absolute Gasteiger partial charge is 0.419 e. The molecule has 2 aliphatic rings. The van der Waals surface area contributed by atoms with E-state index in [0.717, 1.165) is 35.0 Å². The lowest BCUT2D eigenvalue weighted by Gasteiger charge is -2.37. The summed E-state index contributed by atoms with van der Waals surface area (Å²) in [6, 6.07) is 7.80. The Labute approximate surface area is 146 Å². The Hall–Kier alpha value is -2.56. The molecule has 0 radical (unpaired) electrons. The van der Waals surface area contributed by atoms with E-state index in [1.807, 2.05) is 56.0 Å². The Morgan fingerprint density at radius 1 is 1.24 bits per heavy atom. The summed E-state index contributed by atoms with van der Waals surface area (Å²) in [5.41, 5.74) is 2.34. The summed E-state index contributed by atoms with van der Waals surface area (Å²) in [5, 5.41) is 1.07. The molecule has 5 nitrogen and oxygen atoms in total. The van der Waals surface area contributed by atoms with Gasteiger partial charge in [-0.1, -0.05) is 24.3 Å². The van der Waals surface area contributed by atoms with Gasteiger partial charge in [-0.25, -0.2) is 9.36 Å². The molecule has 1 amide bonds. The van der Waals surface area contributed by atoms with Crippen LogP contribution in [0.15, 0.2) is 36.4 Å². The predicted octanol–water partition coefficient (Wildman–Crippen LogP) is 3.81. The first kappa shape index (κ1) is 15.9. The van der Waals surface area contributed by atoms with Crippen molar-refractivity contribution in [3.63, 3.8) is 0 Å². The second kappa shape index (κ2) is 5.48. The number of carbonyl (C=O) groups excluding carboxylic acids is 2. The van der Waals surface area contributed by atoms with Crippen LogP contribution in [0.5, 0.6) is 0 Å². The number of para-hydroxylation sites is 1. The highest BCUT2D eigenvalue weighted by Crippen LogP contribution is 2.40. The van der Waals surface area contributed by atoms with Crippen molar-refractivity contribution >= 4 is 22.9 Å². The molecule has 0 saturated heterocycles. The molecule has 2 aromatic rings. The Kier molecular flexibility index (Phi) is 3.49. The van der Waals surface area contributed by atoms with E-state index in [1.54, 1.807) is 10.6 Å². The van der Waals surface area contributed by atoms with Crippen molar-refractivity contribution in [1.82, 2.24) is 9.47 Å². The molecule has 5 heteroatoms. The maximum absolute atomic E-state index is 13.0. The molecule has 1 atom stereocenters. The summed E-state index contributed by atoms with van der Waals surface area (Å²) in [5.74, 6) is 0.0166. The highest BCUT2D eigenvalue weighted by molar-refractivity contribution is 5.95. The Morgan fingerprint density at radius 2 is 2.00 bits per heavy atom.